The molecule has 0 unspecified atom stereocenters. The normalized spacial score (nSPS) is 9.86. The fourth-order valence-corrected chi connectivity index (χ4v) is 1.82. The second-order valence-corrected chi connectivity index (χ2v) is 4.35. The van der Waals surface area contributed by atoms with Gasteiger partial charge >= 0.3 is 22.4 Å². The maximum Gasteiger partial charge on any atom is 1.00 e. The monoisotopic (exact) mass is 309 g/mol. The van der Waals surface area contributed by atoms with Crippen LogP contribution in [0.1, 0.15) is 71.1 Å². The predicted molar refractivity (Wildman–Crippen MR) is 65.7 cm³/mol. The molecule has 0 aliphatic rings. The minimum atomic E-state index is 0. The van der Waals surface area contributed by atoms with Crippen LogP contribution in [0.5, 0.6) is 0 Å². The van der Waals surface area contributed by atoms with Gasteiger partial charge in [-0.1, -0.05) is 64.7 Å². The molecule has 0 aromatic rings. The van der Waals surface area contributed by atoms with Gasteiger partial charge in [0.25, 0.3) is 0 Å². The van der Waals surface area contributed by atoms with E-state index in [-0.39, 0.29) is 22.4 Å². The Bertz CT molecular complexity index is 76.4. The van der Waals surface area contributed by atoms with E-state index in [9.17, 15) is 0 Å². The summed E-state index contributed by atoms with van der Waals surface area (Å²) in [5.74, 6) is 1.07. The molecule has 0 saturated carbocycles. The summed E-state index contributed by atoms with van der Waals surface area (Å²) in [5, 5.41) is 0. The van der Waals surface area contributed by atoms with Crippen molar-refractivity contribution in [2.45, 2.75) is 71.1 Å². The molecule has 0 saturated heterocycles. The average molecular weight is 310 g/mol. The first-order valence-corrected chi connectivity index (χ1v) is 6.66. The maximum atomic E-state index is 4.20. The molecule has 0 spiro atoms. The molecule has 0 aromatic heterocycles. The van der Waals surface area contributed by atoms with E-state index in [1.165, 1.54) is 64.2 Å². The van der Waals surface area contributed by atoms with Crippen molar-refractivity contribution in [1.82, 2.24) is 0 Å². The first kappa shape index (κ1) is 17.5. The number of hydrogen-bond donors (Lipinski definition) is 1. The van der Waals surface area contributed by atoms with Crippen molar-refractivity contribution in [2.24, 2.45) is 0 Å². The van der Waals surface area contributed by atoms with Gasteiger partial charge in [-0.05, 0) is 12.2 Å². The van der Waals surface area contributed by atoms with Gasteiger partial charge in [0.15, 0.2) is 0 Å². The summed E-state index contributed by atoms with van der Waals surface area (Å²) in [6.07, 6.45) is 14.2. The summed E-state index contributed by atoms with van der Waals surface area (Å²) < 4.78 is 0. The van der Waals surface area contributed by atoms with E-state index >= 15 is 0 Å². The number of hydrogen-bond acceptors (Lipinski definition) is 1. The van der Waals surface area contributed by atoms with Gasteiger partial charge in [-0.2, -0.15) is 12.6 Å². The molecule has 0 nitrogen and oxygen atoms in total. The van der Waals surface area contributed by atoms with Gasteiger partial charge in [0.2, 0.25) is 0 Å². The van der Waals surface area contributed by atoms with E-state index in [1.807, 2.05) is 0 Å². The van der Waals surface area contributed by atoms with Gasteiger partial charge in [0, 0.05) is 0 Å². The molecule has 0 aliphatic heterocycles. The SMILES string of the molecule is CCCCCCCCCCCCS.[Ag+]. The Balaban J connectivity index is 0. The van der Waals surface area contributed by atoms with Gasteiger partial charge in [-0.25, -0.2) is 0 Å². The van der Waals surface area contributed by atoms with Crippen LogP contribution in [0.4, 0.5) is 0 Å². The third-order valence-electron chi connectivity index (χ3n) is 2.51. The second kappa shape index (κ2) is 16.5. The Morgan fingerprint density at radius 1 is 0.643 bits per heavy atom. The number of unbranched alkanes of at least 4 members (excludes halogenated alkanes) is 9. The van der Waals surface area contributed by atoms with Crippen LogP contribution in [-0.2, 0) is 22.4 Å². The summed E-state index contributed by atoms with van der Waals surface area (Å²) in [4.78, 5) is 0. The first-order valence-electron chi connectivity index (χ1n) is 6.02. The molecule has 0 heterocycles. The third-order valence-corrected chi connectivity index (χ3v) is 2.83. The minimum absolute atomic E-state index is 0. The van der Waals surface area contributed by atoms with Gasteiger partial charge < -0.3 is 0 Å². The van der Waals surface area contributed by atoms with Crippen LogP contribution in [0.3, 0.4) is 0 Å². The molecule has 2 heteroatoms. The molecular weight excluding hydrogens is 284 g/mol. The molecule has 0 aromatic carbocycles. The Hall–Kier alpha value is 1.09. The predicted octanol–water partition coefficient (Wildman–Crippen LogP) is 4.83. The van der Waals surface area contributed by atoms with Crippen LogP contribution in [-0.4, -0.2) is 5.75 Å². The Labute approximate surface area is 112 Å². The largest absolute Gasteiger partial charge is 1.00 e. The van der Waals surface area contributed by atoms with Crippen molar-refractivity contribution in [3.8, 4) is 0 Å². The Kier molecular flexibility index (Phi) is 20.6. The van der Waals surface area contributed by atoms with Crippen molar-refractivity contribution in [1.29, 1.82) is 0 Å². The molecule has 14 heavy (non-hydrogen) atoms. The van der Waals surface area contributed by atoms with Crippen LogP contribution in [0.25, 0.3) is 0 Å². The van der Waals surface area contributed by atoms with E-state index in [0.717, 1.165) is 5.75 Å². The van der Waals surface area contributed by atoms with Crippen LogP contribution in [0.2, 0.25) is 0 Å². The molecule has 0 N–H and O–H groups in total. The Morgan fingerprint density at radius 3 is 1.36 bits per heavy atom. The van der Waals surface area contributed by atoms with Crippen molar-refractivity contribution in [3.63, 3.8) is 0 Å². The topological polar surface area (TPSA) is 0 Å². The summed E-state index contributed by atoms with van der Waals surface area (Å²) in [6, 6.07) is 0. The zero-order valence-electron chi connectivity index (χ0n) is 9.53. The van der Waals surface area contributed by atoms with Crippen LogP contribution in [0, 0.1) is 0 Å². The maximum absolute atomic E-state index is 4.20. The van der Waals surface area contributed by atoms with E-state index in [1.54, 1.807) is 0 Å². The molecule has 0 atom stereocenters. The van der Waals surface area contributed by atoms with Gasteiger partial charge in [0.1, 0.15) is 0 Å². The Morgan fingerprint density at radius 2 is 1.00 bits per heavy atom. The van der Waals surface area contributed by atoms with Gasteiger partial charge in [-0.3, -0.25) is 0 Å². The summed E-state index contributed by atoms with van der Waals surface area (Å²) in [7, 11) is 0. The molecule has 0 rings (SSSR count). The zero-order chi connectivity index (χ0) is 9.78. The minimum Gasteiger partial charge on any atom is -0.179 e. The van der Waals surface area contributed by atoms with Crippen molar-refractivity contribution in [2.75, 3.05) is 5.75 Å². The first-order chi connectivity index (χ1) is 6.41. The van der Waals surface area contributed by atoms with E-state index in [2.05, 4.69) is 19.6 Å². The van der Waals surface area contributed by atoms with Crippen LogP contribution >= 0.6 is 12.6 Å². The molecular formula is C12H26AgS+. The average Bonchev–Trinajstić information content (AvgIpc) is 2.16. The fourth-order valence-electron chi connectivity index (χ4n) is 1.60. The molecule has 0 amide bonds. The van der Waals surface area contributed by atoms with Gasteiger partial charge in [0.05, 0.1) is 0 Å². The van der Waals surface area contributed by atoms with E-state index in [0.29, 0.717) is 0 Å². The molecule has 0 aliphatic carbocycles. The molecule has 90 valence electrons. The van der Waals surface area contributed by atoms with Crippen LogP contribution in [0.15, 0.2) is 0 Å². The molecule has 0 bridgehead atoms. The second-order valence-electron chi connectivity index (χ2n) is 3.91. The zero-order valence-corrected chi connectivity index (χ0v) is 11.9. The molecule has 0 radical (unpaired) electrons. The van der Waals surface area contributed by atoms with Crippen molar-refractivity contribution < 1.29 is 22.4 Å². The van der Waals surface area contributed by atoms with Crippen molar-refractivity contribution in [3.05, 3.63) is 0 Å². The van der Waals surface area contributed by atoms with E-state index in [4.69, 9.17) is 0 Å². The number of thiol groups is 1. The van der Waals surface area contributed by atoms with E-state index < -0.39 is 0 Å². The van der Waals surface area contributed by atoms with Crippen LogP contribution < -0.4 is 0 Å². The summed E-state index contributed by atoms with van der Waals surface area (Å²) in [6.45, 7) is 2.28. The summed E-state index contributed by atoms with van der Waals surface area (Å²) >= 11 is 4.20. The van der Waals surface area contributed by atoms with Crippen molar-refractivity contribution >= 4 is 12.6 Å². The quantitative estimate of drug-likeness (QED) is 0.333. The van der Waals surface area contributed by atoms with Gasteiger partial charge in [-0.15, -0.1) is 0 Å². The summed E-state index contributed by atoms with van der Waals surface area (Å²) in [5.41, 5.74) is 0. The molecule has 0 fully saturated rings. The standard InChI is InChI=1S/C12H26S.Ag/c1-2-3-4-5-6-7-8-9-10-11-12-13;/h13H,2-12H2,1H3;/q;+1. The third kappa shape index (κ3) is 15.6. The number of rotatable bonds is 10. The fraction of sp³-hybridized carbons (Fsp3) is 1.00. The smallest absolute Gasteiger partial charge is 0.179 e.